The van der Waals surface area contributed by atoms with Crippen LogP contribution in [0.5, 0.6) is 11.5 Å². The van der Waals surface area contributed by atoms with Crippen LogP contribution in [0.15, 0.2) is 18.2 Å². The lowest BCUT2D eigenvalue weighted by atomic mass is 10.2. The molecule has 3 nitrogen and oxygen atoms in total. The Morgan fingerprint density at radius 2 is 2.00 bits per heavy atom. The molecule has 0 aliphatic heterocycles. The van der Waals surface area contributed by atoms with Gasteiger partial charge in [-0.15, -0.1) is 0 Å². The van der Waals surface area contributed by atoms with Gasteiger partial charge in [0.15, 0.2) is 0 Å². The Morgan fingerprint density at radius 1 is 1.31 bits per heavy atom. The van der Waals surface area contributed by atoms with Gasteiger partial charge in [-0.2, -0.15) is 4.39 Å². The van der Waals surface area contributed by atoms with E-state index in [1.807, 2.05) is 0 Å². The Bertz CT molecular complexity index is 323. The van der Waals surface area contributed by atoms with E-state index in [-0.39, 0.29) is 11.3 Å². The zero-order valence-corrected chi connectivity index (χ0v) is 7.33. The Labute approximate surface area is 75.1 Å². The van der Waals surface area contributed by atoms with Crippen molar-refractivity contribution >= 4 is 6.04 Å². The minimum absolute atomic E-state index is 0.0942. The summed E-state index contributed by atoms with van der Waals surface area (Å²) in [6, 6.07) is 2.75. The number of hydrogen-bond acceptors (Lipinski definition) is 3. The molecule has 0 aromatic heterocycles. The average Bonchev–Trinajstić information content (AvgIpc) is 2.16. The third-order valence-electron chi connectivity index (χ3n) is 1.62. The molecule has 0 fully saturated rings. The molecule has 0 unspecified atom stereocenters. The average molecular weight is 184 g/mol. The summed E-state index contributed by atoms with van der Waals surface area (Å²) in [5.74, 6) is 0.689. The molecule has 0 N–H and O–H groups in total. The minimum Gasteiger partial charge on any atom is -0.497 e. The number of rotatable bonds is 3. The summed E-state index contributed by atoms with van der Waals surface area (Å²) in [5.41, 5.74) is -0.0942. The van der Waals surface area contributed by atoms with Gasteiger partial charge < -0.3 is 9.47 Å². The van der Waals surface area contributed by atoms with Crippen LogP contribution >= 0.6 is 0 Å². The van der Waals surface area contributed by atoms with Gasteiger partial charge in [-0.3, -0.25) is 4.79 Å². The van der Waals surface area contributed by atoms with E-state index < -0.39 is 6.04 Å². The van der Waals surface area contributed by atoms with E-state index in [1.165, 1.54) is 32.4 Å². The van der Waals surface area contributed by atoms with Gasteiger partial charge in [0.1, 0.15) is 11.5 Å². The van der Waals surface area contributed by atoms with Gasteiger partial charge >= 0.3 is 6.04 Å². The van der Waals surface area contributed by atoms with Gasteiger partial charge in [0.25, 0.3) is 0 Å². The molecular weight excluding hydrogens is 175 g/mol. The van der Waals surface area contributed by atoms with Crippen LogP contribution in [0.2, 0.25) is 0 Å². The molecule has 0 saturated heterocycles. The van der Waals surface area contributed by atoms with Crippen molar-refractivity contribution in [2.45, 2.75) is 0 Å². The van der Waals surface area contributed by atoms with Crippen LogP contribution in [0.3, 0.4) is 0 Å². The molecule has 13 heavy (non-hydrogen) atoms. The number of benzene rings is 1. The highest BCUT2D eigenvalue weighted by Crippen LogP contribution is 2.24. The lowest BCUT2D eigenvalue weighted by Gasteiger charge is -2.05. The maximum Gasteiger partial charge on any atom is 0.335 e. The van der Waals surface area contributed by atoms with Crippen molar-refractivity contribution in [2.75, 3.05) is 14.2 Å². The maximum absolute atomic E-state index is 12.4. The smallest absolute Gasteiger partial charge is 0.335 e. The zero-order chi connectivity index (χ0) is 9.84. The molecule has 1 rings (SSSR count). The number of ether oxygens (including phenoxy) is 2. The van der Waals surface area contributed by atoms with Gasteiger partial charge in [0.05, 0.1) is 19.8 Å². The Kier molecular flexibility index (Phi) is 2.84. The van der Waals surface area contributed by atoms with E-state index in [2.05, 4.69) is 0 Å². The molecule has 1 aromatic rings. The fraction of sp³-hybridized carbons (Fsp3) is 0.222. The standard InChI is InChI=1S/C9H9FO3/c1-12-6-3-4-7(9(10)11)8(5-6)13-2/h3-5H,1-2H3. The monoisotopic (exact) mass is 184 g/mol. The fourth-order valence-electron chi connectivity index (χ4n) is 0.961. The van der Waals surface area contributed by atoms with Gasteiger partial charge in [-0.1, -0.05) is 0 Å². The summed E-state index contributed by atoms with van der Waals surface area (Å²) >= 11 is 0. The summed E-state index contributed by atoms with van der Waals surface area (Å²) in [4.78, 5) is 10.4. The summed E-state index contributed by atoms with van der Waals surface area (Å²) in [6.07, 6.45) is 0. The minimum atomic E-state index is -1.51. The second kappa shape index (κ2) is 3.89. The second-order valence-corrected chi connectivity index (χ2v) is 2.34. The molecule has 0 aliphatic rings. The molecule has 0 saturated carbocycles. The number of hydrogen-bond donors (Lipinski definition) is 0. The van der Waals surface area contributed by atoms with Crippen molar-refractivity contribution in [3.63, 3.8) is 0 Å². The molecule has 1 aromatic carbocycles. The molecule has 70 valence electrons. The van der Waals surface area contributed by atoms with E-state index in [0.29, 0.717) is 5.75 Å². The summed E-state index contributed by atoms with van der Waals surface area (Å²) in [7, 11) is 2.84. The van der Waals surface area contributed by atoms with Gasteiger partial charge in [-0.25, -0.2) is 0 Å². The van der Waals surface area contributed by atoms with Gasteiger partial charge in [0.2, 0.25) is 0 Å². The Balaban J connectivity index is 3.15. The first-order chi connectivity index (χ1) is 6.19. The van der Waals surface area contributed by atoms with Crippen molar-refractivity contribution in [1.82, 2.24) is 0 Å². The third kappa shape index (κ3) is 1.96. The number of halogens is 1. The van der Waals surface area contributed by atoms with E-state index in [1.54, 1.807) is 0 Å². The molecule has 0 aliphatic carbocycles. The van der Waals surface area contributed by atoms with Crippen molar-refractivity contribution in [1.29, 1.82) is 0 Å². The molecule has 0 radical (unpaired) electrons. The highest BCUT2D eigenvalue weighted by atomic mass is 19.1. The molecule has 0 bridgehead atoms. The van der Waals surface area contributed by atoms with E-state index in [9.17, 15) is 9.18 Å². The van der Waals surface area contributed by atoms with Crippen molar-refractivity contribution < 1.29 is 18.7 Å². The second-order valence-electron chi connectivity index (χ2n) is 2.34. The quantitative estimate of drug-likeness (QED) is 0.672. The molecule has 0 spiro atoms. The SMILES string of the molecule is COc1ccc(C(=O)F)c(OC)c1. The Morgan fingerprint density at radius 3 is 2.46 bits per heavy atom. The molecular formula is C9H9FO3. The largest absolute Gasteiger partial charge is 0.497 e. The van der Waals surface area contributed by atoms with Crippen molar-refractivity contribution in [3.05, 3.63) is 23.8 Å². The molecule has 4 heteroatoms. The van der Waals surface area contributed by atoms with Gasteiger partial charge in [-0.05, 0) is 12.1 Å². The van der Waals surface area contributed by atoms with E-state index in [4.69, 9.17) is 9.47 Å². The van der Waals surface area contributed by atoms with Crippen LogP contribution in [-0.4, -0.2) is 20.3 Å². The molecule has 0 atom stereocenters. The predicted molar refractivity (Wildman–Crippen MR) is 45.0 cm³/mol. The first kappa shape index (κ1) is 9.51. The van der Waals surface area contributed by atoms with E-state index >= 15 is 0 Å². The number of methoxy groups -OCH3 is 2. The predicted octanol–water partition coefficient (Wildman–Crippen LogP) is 1.81. The number of carbonyl (C=O) groups is 1. The first-order valence-corrected chi connectivity index (χ1v) is 3.61. The van der Waals surface area contributed by atoms with Crippen LogP contribution in [0.1, 0.15) is 10.4 Å². The number of carbonyl (C=O) groups excluding carboxylic acids is 1. The van der Waals surface area contributed by atoms with E-state index in [0.717, 1.165) is 0 Å². The lowest BCUT2D eigenvalue weighted by molar-refractivity contribution is 0.0832. The summed E-state index contributed by atoms with van der Waals surface area (Å²) in [6.45, 7) is 0. The van der Waals surface area contributed by atoms with Gasteiger partial charge in [0, 0.05) is 6.07 Å². The summed E-state index contributed by atoms with van der Waals surface area (Å²) < 4.78 is 22.0. The van der Waals surface area contributed by atoms with Crippen molar-refractivity contribution in [2.24, 2.45) is 0 Å². The maximum atomic E-state index is 12.4. The third-order valence-corrected chi connectivity index (χ3v) is 1.62. The highest BCUT2D eigenvalue weighted by molar-refractivity contribution is 5.91. The topological polar surface area (TPSA) is 35.5 Å². The first-order valence-electron chi connectivity index (χ1n) is 3.61. The van der Waals surface area contributed by atoms with Crippen LogP contribution in [0, 0.1) is 0 Å². The highest BCUT2D eigenvalue weighted by Gasteiger charge is 2.11. The van der Waals surface area contributed by atoms with Crippen molar-refractivity contribution in [3.8, 4) is 11.5 Å². The van der Waals surface area contributed by atoms with Crippen LogP contribution in [0.25, 0.3) is 0 Å². The normalized spacial score (nSPS) is 9.46. The fourth-order valence-corrected chi connectivity index (χ4v) is 0.961. The van der Waals surface area contributed by atoms with Crippen LogP contribution in [-0.2, 0) is 0 Å². The van der Waals surface area contributed by atoms with Crippen LogP contribution < -0.4 is 9.47 Å². The molecule has 0 heterocycles. The van der Waals surface area contributed by atoms with Crippen LogP contribution in [0.4, 0.5) is 4.39 Å². The Hall–Kier alpha value is -1.58. The lowest BCUT2D eigenvalue weighted by Crippen LogP contribution is -1.96. The summed E-state index contributed by atoms with van der Waals surface area (Å²) in [5, 5.41) is 0. The molecule has 0 amide bonds. The zero-order valence-electron chi connectivity index (χ0n) is 7.33.